The SMILES string of the molecule is Cn1cc(Cl)cc1C(=O)N1CCS(=O)(=O)CC1C1CCC1. The number of halogens is 1. The van der Waals surface area contributed by atoms with Crippen molar-refractivity contribution in [2.45, 2.75) is 25.3 Å². The second-order valence-corrected chi connectivity index (χ2v) is 8.69. The van der Waals surface area contributed by atoms with E-state index in [0.29, 0.717) is 16.6 Å². The minimum absolute atomic E-state index is 0.0557. The minimum atomic E-state index is -3.03. The molecule has 5 nitrogen and oxygen atoms in total. The summed E-state index contributed by atoms with van der Waals surface area (Å²) in [6, 6.07) is 1.46. The number of aromatic nitrogens is 1. The second kappa shape index (κ2) is 5.32. The molecule has 0 spiro atoms. The molecule has 1 saturated heterocycles. The molecular formula is C14H19ClN2O3S. The van der Waals surface area contributed by atoms with Gasteiger partial charge in [0.25, 0.3) is 5.91 Å². The van der Waals surface area contributed by atoms with E-state index in [0.717, 1.165) is 19.3 Å². The maximum absolute atomic E-state index is 12.8. The molecule has 1 aliphatic carbocycles. The van der Waals surface area contributed by atoms with Gasteiger partial charge in [0.2, 0.25) is 0 Å². The van der Waals surface area contributed by atoms with E-state index in [-0.39, 0.29) is 30.0 Å². The average Bonchev–Trinajstić information content (AvgIpc) is 2.65. The van der Waals surface area contributed by atoms with Crippen LogP contribution in [0.15, 0.2) is 12.3 Å². The summed E-state index contributed by atoms with van der Waals surface area (Å²) in [5.74, 6) is 0.359. The van der Waals surface area contributed by atoms with Crippen molar-refractivity contribution in [1.82, 2.24) is 9.47 Å². The third-order valence-corrected chi connectivity index (χ3v) is 6.47. The van der Waals surface area contributed by atoms with E-state index in [1.54, 1.807) is 28.8 Å². The molecule has 3 rings (SSSR count). The molecule has 2 fully saturated rings. The van der Waals surface area contributed by atoms with Crippen molar-refractivity contribution in [2.75, 3.05) is 18.1 Å². The number of nitrogens with zero attached hydrogens (tertiary/aromatic N) is 2. The van der Waals surface area contributed by atoms with Crippen LogP contribution in [0, 0.1) is 5.92 Å². The minimum Gasteiger partial charge on any atom is -0.345 e. The Morgan fingerprint density at radius 3 is 2.62 bits per heavy atom. The summed E-state index contributed by atoms with van der Waals surface area (Å²) in [5, 5.41) is 0.519. The molecule has 1 aliphatic heterocycles. The Balaban J connectivity index is 1.88. The first kappa shape index (κ1) is 14.9. The molecule has 1 aromatic rings. The molecule has 1 amide bonds. The summed E-state index contributed by atoms with van der Waals surface area (Å²) < 4.78 is 25.5. The Hall–Kier alpha value is -1.01. The van der Waals surface area contributed by atoms with Crippen LogP contribution in [0.1, 0.15) is 29.8 Å². The molecule has 0 radical (unpaired) electrons. The van der Waals surface area contributed by atoms with Gasteiger partial charge in [0.15, 0.2) is 9.84 Å². The van der Waals surface area contributed by atoms with Gasteiger partial charge in [0.1, 0.15) is 5.69 Å². The summed E-state index contributed by atoms with van der Waals surface area (Å²) in [6.45, 7) is 0.283. The summed E-state index contributed by atoms with van der Waals surface area (Å²) in [5.41, 5.74) is 0.517. The van der Waals surface area contributed by atoms with Gasteiger partial charge in [-0.15, -0.1) is 0 Å². The summed E-state index contributed by atoms with van der Waals surface area (Å²) in [6.07, 6.45) is 4.84. The van der Waals surface area contributed by atoms with Crippen LogP contribution in [-0.2, 0) is 16.9 Å². The van der Waals surface area contributed by atoms with Gasteiger partial charge in [-0.1, -0.05) is 18.0 Å². The summed E-state index contributed by atoms with van der Waals surface area (Å²) in [4.78, 5) is 14.5. The van der Waals surface area contributed by atoms with E-state index in [2.05, 4.69) is 0 Å². The van der Waals surface area contributed by atoms with Crippen LogP contribution in [0.5, 0.6) is 0 Å². The van der Waals surface area contributed by atoms with Gasteiger partial charge in [0, 0.05) is 25.8 Å². The van der Waals surface area contributed by atoms with E-state index in [4.69, 9.17) is 11.6 Å². The number of carbonyl (C=O) groups is 1. The van der Waals surface area contributed by atoms with Gasteiger partial charge in [-0.2, -0.15) is 0 Å². The Morgan fingerprint density at radius 2 is 2.10 bits per heavy atom. The number of sulfone groups is 1. The Bertz CT molecular complexity index is 664. The number of amides is 1. The fourth-order valence-electron chi connectivity index (χ4n) is 3.19. The Labute approximate surface area is 129 Å². The summed E-state index contributed by atoms with van der Waals surface area (Å²) in [7, 11) is -1.26. The predicted octanol–water partition coefficient (Wildman–Crippen LogP) is 1.72. The number of hydrogen-bond acceptors (Lipinski definition) is 3. The van der Waals surface area contributed by atoms with Crippen LogP contribution in [0.25, 0.3) is 0 Å². The highest BCUT2D eigenvalue weighted by Gasteiger charge is 2.41. The van der Waals surface area contributed by atoms with E-state index in [1.807, 2.05) is 0 Å². The van der Waals surface area contributed by atoms with Gasteiger partial charge in [0.05, 0.1) is 16.5 Å². The molecule has 1 saturated carbocycles. The number of hydrogen-bond donors (Lipinski definition) is 0. The number of carbonyl (C=O) groups excluding carboxylic acids is 1. The van der Waals surface area contributed by atoms with Crippen molar-refractivity contribution in [1.29, 1.82) is 0 Å². The van der Waals surface area contributed by atoms with Gasteiger partial charge in [-0.05, 0) is 24.8 Å². The molecule has 116 valence electrons. The topological polar surface area (TPSA) is 59.4 Å². The zero-order valence-electron chi connectivity index (χ0n) is 12.0. The molecule has 21 heavy (non-hydrogen) atoms. The molecule has 1 aromatic heterocycles. The number of rotatable bonds is 2. The first-order valence-electron chi connectivity index (χ1n) is 7.20. The van der Waals surface area contributed by atoms with Crippen LogP contribution >= 0.6 is 11.6 Å². The van der Waals surface area contributed by atoms with Gasteiger partial charge in [-0.3, -0.25) is 4.79 Å². The quantitative estimate of drug-likeness (QED) is 0.829. The molecule has 7 heteroatoms. The molecule has 1 unspecified atom stereocenters. The second-order valence-electron chi connectivity index (χ2n) is 6.03. The van der Waals surface area contributed by atoms with Crippen LogP contribution in [0.2, 0.25) is 5.02 Å². The van der Waals surface area contributed by atoms with E-state index in [1.165, 1.54) is 0 Å². The molecule has 0 bridgehead atoms. The maximum Gasteiger partial charge on any atom is 0.270 e. The van der Waals surface area contributed by atoms with Crippen molar-refractivity contribution in [3.8, 4) is 0 Å². The van der Waals surface area contributed by atoms with Crippen molar-refractivity contribution in [3.63, 3.8) is 0 Å². The van der Waals surface area contributed by atoms with Crippen molar-refractivity contribution < 1.29 is 13.2 Å². The molecule has 1 atom stereocenters. The third-order valence-electron chi connectivity index (χ3n) is 4.61. The fourth-order valence-corrected chi connectivity index (χ4v) is 5.05. The lowest BCUT2D eigenvalue weighted by atomic mass is 9.79. The van der Waals surface area contributed by atoms with Crippen LogP contribution in [0.3, 0.4) is 0 Å². The fraction of sp³-hybridized carbons (Fsp3) is 0.643. The van der Waals surface area contributed by atoms with E-state index < -0.39 is 9.84 Å². The number of aryl methyl sites for hydroxylation is 1. The van der Waals surface area contributed by atoms with Gasteiger partial charge >= 0.3 is 0 Å². The first-order chi connectivity index (χ1) is 9.87. The first-order valence-corrected chi connectivity index (χ1v) is 9.40. The lowest BCUT2D eigenvalue weighted by Gasteiger charge is -2.43. The lowest BCUT2D eigenvalue weighted by Crippen LogP contribution is -2.55. The van der Waals surface area contributed by atoms with Crippen molar-refractivity contribution >= 4 is 27.3 Å². The Kier molecular flexibility index (Phi) is 3.78. The van der Waals surface area contributed by atoms with E-state index in [9.17, 15) is 13.2 Å². The summed E-state index contributed by atoms with van der Waals surface area (Å²) >= 11 is 5.94. The predicted molar refractivity (Wildman–Crippen MR) is 81.2 cm³/mol. The van der Waals surface area contributed by atoms with Crippen LogP contribution in [-0.4, -0.2) is 47.9 Å². The third kappa shape index (κ3) is 2.83. The zero-order valence-corrected chi connectivity index (χ0v) is 13.5. The smallest absolute Gasteiger partial charge is 0.270 e. The van der Waals surface area contributed by atoms with Crippen LogP contribution in [0.4, 0.5) is 0 Å². The van der Waals surface area contributed by atoms with Crippen molar-refractivity contribution in [3.05, 3.63) is 23.0 Å². The largest absolute Gasteiger partial charge is 0.345 e. The van der Waals surface area contributed by atoms with Crippen molar-refractivity contribution in [2.24, 2.45) is 13.0 Å². The molecule has 0 N–H and O–H groups in total. The zero-order chi connectivity index (χ0) is 15.2. The molecular weight excluding hydrogens is 312 g/mol. The van der Waals surface area contributed by atoms with Gasteiger partial charge < -0.3 is 9.47 Å². The molecule has 0 aromatic carbocycles. The molecule has 2 aliphatic rings. The average molecular weight is 331 g/mol. The highest BCUT2D eigenvalue weighted by molar-refractivity contribution is 7.91. The van der Waals surface area contributed by atoms with Gasteiger partial charge in [-0.25, -0.2) is 8.42 Å². The van der Waals surface area contributed by atoms with Crippen LogP contribution < -0.4 is 0 Å². The Morgan fingerprint density at radius 1 is 1.38 bits per heavy atom. The molecule has 2 heterocycles. The lowest BCUT2D eigenvalue weighted by molar-refractivity contribution is 0.0554. The maximum atomic E-state index is 12.8. The highest BCUT2D eigenvalue weighted by Crippen LogP contribution is 2.35. The normalized spacial score (nSPS) is 25.6. The highest BCUT2D eigenvalue weighted by atomic mass is 35.5. The monoisotopic (exact) mass is 330 g/mol. The van der Waals surface area contributed by atoms with E-state index >= 15 is 0 Å². The standard InChI is InChI=1S/C14H19ClN2O3S/c1-16-8-11(15)7-12(16)14(18)17-5-6-21(19,20)9-13(17)10-3-2-4-10/h7-8,10,13H,2-6,9H2,1H3.